The molecule has 0 amide bonds. The van der Waals surface area contributed by atoms with Gasteiger partial charge in [0, 0.05) is 49.1 Å². The average molecular weight is 500 g/mol. The summed E-state index contributed by atoms with van der Waals surface area (Å²) < 4.78 is 21.6. The Balaban J connectivity index is 1.65. The zero-order valence-electron chi connectivity index (χ0n) is 20.0. The first-order valence-electron chi connectivity index (χ1n) is 11.9. The third kappa shape index (κ3) is 6.27. The normalized spacial score (nSPS) is 20.5. The number of carbonyl (C=O) groups is 3. The number of imidazole rings is 1. The summed E-state index contributed by atoms with van der Waals surface area (Å²) in [5.41, 5.74) is 1.31. The van der Waals surface area contributed by atoms with Crippen LogP contribution < -0.4 is 0 Å². The molecular weight excluding hydrogens is 469 g/mol. The van der Waals surface area contributed by atoms with Crippen LogP contribution in [-0.4, -0.2) is 56.3 Å². The molecule has 7 nitrogen and oxygen atoms in total. The highest BCUT2D eigenvalue weighted by molar-refractivity contribution is 8.14. The minimum absolute atomic E-state index is 0.00364. The number of likely N-dealkylation sites (tertiary alicyclic amines) is 1. The Morgan fingerprint density at radius 1 is 1.26 bits per heavy atom. The highest BCUT2D eigenvalue weighted by Crippen LogP contribution is 2.40. The van der Waals surface area contributed by atoms with Gasteiger partial charge in [-0.3, -0.25) is 19.3 Å². The Morgan fingerprint density at radius 3 is 2.71 bits per heavy atom. The van der Waals surface area contributed by atoms with Crippen molar-refractivity contribution in [1.82, 2.24) is 14.5 Å². The van der Waals surface area contributed by atoms with Crippen LogP contribution in [0.2, 0.25) is 0 Å². The number of hydrogen-bond acceptors (Lipinski definition) is 7. The number of piperidine rings is 1. The second-order valence-corrected chi connectivity index (χ2v) is 10.3. The number of rotatable bonds is 9. The molecule has 0 radical (unpaired) electrons. The van der Waals surface area contributed by atoms with Crippen LogP contribution in [0.4, 0.5) is 4.39 Å². The van der Waals surface area contributed by atoms with Gasteiger partial charge in [0.2, 0.25) is 0 Å². The number of nitrogens with zero attached hydrogens (tertiary/aromatic N) is 3. The number of aromatic nitrogens is 2. The number of esters is 1. The highest BCUT2D eigenvalue weighted by atomic mass is 32.2. The van der Waals surface area contributed by atoms with Crippen LogP contribution in [0, 0.1) is 11.7 Å². The van der Waals surface area contributed by atoms with Crippen LogP contribution in [0.5, 0.6) is 0 Å². The van der Waals surface area contributed by atoms with Crippen molar-refractivity contribution in [2.75, 3.05) is 19.7 Å². The second-order valence-electron chi connectivity index (χ2n) is 8.90. The van der Waals surface area contributed by atoms with Crippen molar-refractivity contribution in [2.45, 2.75) is 50.9 Å². The topological polar surface area (TPSA) is 81.5 Å². The number of ether oxygens (including phenoxy) is 1. The van der Waals surface area contributed by atoms with Gasteiger partial charge >= 0.3 is 5.97 Å². The molecule has 186 valence electrons. The van der Waals surface area contributed by atoms with E-state index in [1.807, 2.05) is 11.0 Å². The van der Waals surface area contributed by atoms with Crippen LogP contribution in [0.1, 0.15) is 50.5 Å². The van der Waals surface area contributed by atoms with Crippen LogP contribution in [0.25, 0.3) is 6.08 Å². The summed E-state index contributed by atoms with van der Waals surface area (Å²) in [6.45, 7) is 4.58. The fourth-order valence-electron chi connectivity index (χ4n) is 4.50. The predicted molar refractivity (Wildman–Crippen MR) is 132 cm³/mol. The van der Waals surface area contributed by atoms with E-state index >= 15 is 0 Å². The fraction of sp³-hybridized carbons (Fsp3) is 0.462. The van der Waals surface area contributed by atoms with E-state index in [9.17, 15) is 18.8 Å². The van der Waals surface area contributed by atoms with Gasteiger partial charge in [-0.1, -0.05) is 30.0 Å². The maximum Gasteiger partial charge on any atom is 0.325 e. The summed E-state index contributed by atoms with van der Waals surface area (Å²) in [5, 5.41) is -0.0854. The lowest BCUT2D eigenvalue weighted by molar-refractivity contribution is -0.143. The monoisotopic (exact) mass is 499 g/mol. The summed E-state index contributed by atoms with van der Waals surface area (Å²) in [6.07, 6.45) is 7.51. The SMILES string of the molecule is CCOC(=O)Cn1ccnc1/C=C1/CN(C(C(=O)C2CC2)c2ccccc2F)CCC1SC(C)=O. The molecule has 1 saturated heterocycles. The molecule has 4 rings (SSSR count). The number of benzene rings is 1. The van der Waals surface area contributed by atoms with Crippen molar-refractivity contribution >= 4 is 34.7 Å². The zero-order chi connectivity index (χ0) is 24.9. The van der Waals surface area contributed by atoms with Gasteiger partial charge in [0.1, 0.15) is 18.2 Å². The van der Waals surface area contributed by atoms with Crippen LogP contribution >= 0.6 is 11.8 Å². The number of hydrogen-bond donors (Lipinski definition) is 0. The predicted octanol–water partition coefficient (Wildman–Crippen LogP) is 4.04. The van der Waals surface area contributed by atoms with Gasteiger partial charge in [0.15, 0.2) is 10.9 Å². The Labute approximate surface area is 208 Å². The molecule has 1 saturated carbocycles. The summed E-state index contributed by atoms with van der Waals surface area (Å²) in [6, 6.07) is 5.79. The van der Waals surface area contributed by atoms with Crippen LogP contribution in [-0.2, 0) is 25.7 Å². The maximum atomic E-state index is 14.8. The molecule has 9 heteroatoms. The van der Waals surface area contributed by atoms with E-state index in [-0.39, 0.29) is 40.4 Å². The molecule has 2 atom stereocenters. The van der Waals surface area contributed by atoms with E-state index in [1.54, 1.807) is 42.1 Å². The molecule has 2 aliphatic rings. The summed E-state index contributed by atoms with van der Waals surface area (Å²) in [5.74, 6) is -0.155. The zero-order valence-corrected chi connectivity index (χ0v) is 20.8. The Bertz CT molecular complexity index is 1130. The molecule has 0 bridgehead atoms. The molecular formula is C26H30FN3O4S. The Kier molecular flexibility index (Phi) is 8.18. The molecule has 1 aliphatic carbocycles. The largest absolute Gasteiger partial charge is 0.465 e. The van der Waals surface area contributed by atoms with E-state index in [0.29, 0.717) is 37.5 Å². The third-order valence-corrected chi connectivity index (χ3v) is 7.42. The number of halogens is 1. The van der Waals surface area contributed by atoms with Gasteiger partial charge < -0.3 is 9.30 Å². The lowest BCUT2D eigenvalue weighted by atomic mass is 9.93. The molecule has 2 fully saturated rings. The van der Waals surface area contributed by atoms with E-state index in [1.165, 1.54) is 24.8 Å². The number of ketones is 1. The van der Waals surface area contributed by atoms with Gasteiger partial charge in [-0.15, -0.1) is 0 Å². The molecule has 2 heterocycles. The molecule has 0 spiro atoms. The molecule has 1 aromatic carbocycles. The van der Waals surface area contributed by atoms with Gasteiger partial charge in [-0.2, -0.15) is 0 Å². The van der Waals surface area contributed by atoms with Crippen molar-refractivity contribution in [3.8, 4) is 0 Å². The van der Waals surface area contributed by atoms with E-state index in [0.717, 1.165) is 18.4 Å². The van der Waals surface area contributed by atoms with E-state index in [2.05, 4.69) is 4.98 Å². The van der Waals surface area contributed by atoms with Gasteiger partial charge in [-0.05, 0) is 43.9 Å². The highest BCUT2D eigenvalue weighted by Gasteiger charge is 2.41. The lowest BCUT2D eigenvalue weighted by Gasteiger charge is -2.38. The molecule has 35 heavy (non-hydrogen) atoms. The number of Topliss-reactive ketones (excluding diaryl/α,β-unsaturated/α-hetero) is 1. The van der Waals surface area contributed by atoms with Crippen LogP contribution in [0.15, 0.2) is 42.2 Å². The molecule has 2 unspecified atom stereocenters. The first-order chi connectivity index (χ1) is 16.9. The van der Waals surface area contributed by atoms with E-state index < -0.39 is 6.04 Å². The molecule has 1 aliphatic heterocycles. The summed E-state index contributed by atoms with van der Waals surface area (Å²) in [4.78, 5) is 43.7. The van der Waals surface area contributed by atoms with Gasteiger partial charge in [0.05, 0.1) is 12.6 Å². The standard InChI is InChI=1S/C26H30FN3O4S/c1-3-34-24(32)16-29-13-11-28-23(29)14-19-15-30(12-10-22(19)35-17(2)31)25(26(33)18-8-9-18)20-6-4-5-7-21(20)27/h4-7,11,13-14,18,22,25H,3,8-10,12,15-16H2,1-2H3/b19-14-. The van der Waals surface area contributed by atoms with Crippen molar-refractivity contribution in [3.63, 3.8) is 0 Å². The van der Waals surface area contributed by atoms with Gasteiger partial charge in [0.25, 0.3) is 0 Å². The van der Waals surface area contributed by atoms with Crippen molar-refractivity contribution in [3.05, 3.63) is 59.4 Å². The fourth-order valence-corrected chi connectivity index (χ4v) is 5.42. The minimum atomic E-state index is -0.672. The first-order valence-corrected chi connectivity index (χ1v) is 12.8. The Hall–Kier alpha value is -2.78. The first kappa shape index (κ1) is 25.3. The lowest BCUT2D eigenvalue weighted by Crippen LogP contribution is -2.43. The number of thioether (sulfide) groups is 1. The third-order valence-electron chi connectivity index (χ3n) is 6.27. The van der Waals surface area contributed by atoms with Crippen molar-refractivity contribution < 1.29 is 23.5 Å². The molecule has 0 N–H and O–H groups in total. The minimum Gasteiger partial charge on any atom is -0.465 e. The molecule has 1 aromatic heterocycles. The quantitative estimate of drug-likeness (QED) is 0.482. The van der Waals surface area contributed by atoms with Crippen molar-refractivity contribution in [1.29, 1.82) is 0 Å². The van der Waals surface area contributed by atoms with Crippen LogP contribution in [0.3, 0.4) is 0 Å². The Morgan fingerprint density at radius 2 is 2.03 bits per heavy atom. The second kappa shape index (κ2) is 11.3. The summed E-state index contributed by atoms with van der Waals surface area (Å²) >= 11 is 1.25. The smallest absolute Gasteiger partial charge is 0.325 e. The maximum absolute atomic E-state index is 14.8. The number of carbonyl (C=O) groups excluding carboxylic acids is 3. The van der Waals surface area contributed by atoms with Crippen molar-refractivity contribution in [2.24, 2.45) is 5.92 Å². The van der Waals surface area contributed by atoms with Gasteiger partial charge in [-0.25, -0.2) is 9.37 Å². The summed E-state index contributed by atoms with van der Waals surface area (Å²) in [7, 11) is 0. The molecule has 2 aromatic rings. The van der Waals surface area contributed by atoms with E-state index in [4.69, 9.17) is 4.74 Å². The average Bonchev–Trinajstić information content (AvgIpc) is 3.58.